The molecule has 2 saturated carbocycles. The number of alkyl halides is 2. The van der Waals surface area contributed by atoms with Crippen LogP contribution in [0.4, 0.5) is 0 Å². The van der Waals surface area contributed by atoms with Crippen molar-refractivity contribution in [3.63, 3.8) is 0 Å². The van der Waals surface area contributed by atoms with Crippen LogP contribution in [0, 0.1) is 17.8 Å². The normalized spacial score (nSPS) is 28.4. The van der Waals surface area contributed by atoms with Gasteiger partial charge < -0.3 is 10.6 Å². The second-order valence-corrected chi connectivity index (χ2v) is 10.2. The highest BCUT2D eigenvalue weighted by Crippen LogP contribution is 2.56. The Morgan fingerprint density at radius 1 is 1.23 bits per heavy atom. The van der Waals surface area contributed by atoms with Gasteiger partial charge in [0.15, 0.2) is 11.5 Å². The second-order valence-electron chi connectivity index (χ2n) is 8.71. The zero-order valence-electron chi connectivity index (χ0n) is 16.3. The Kier molecular flexibility index (Phi) is 4.59. The highest BCUT2D eigenvalue weighted by molar-refractivity contribution is 6.50. The Labute approximate surface area is 183 Å². The predicted molar refractivity (Wildman–Crippen MR) is 112 cm³/mol. The fraction of sp³-hybridized carbons (Fsp3) is 0.524. The average molecular weight is 449 g/mol. The van der Waals surface area contributed by atoms with E-state index in [0.29, 0.717) is 36.2 Å². The summed E-state index contributed by atoms with van der Waals surface area (Å²) in [6.45, 7) is 0.562. The first kappa shape index (κ1) is 19.8. The van der Waals surface area contributed by atoms with Gasteiger partial charge in [0.25, 0.3) is 5.91 Å². The van der Waals surface area contributed by atoms with Gasteiger partial charge in [-0.2, -0.15) is 5.10 Å². The molecule has 2 aliphatic carbocycles. The van der Waals surface area contributed by atoms with Gasteiger partial charge in [0.2, 0.25) is 5.91 Å². The fourth-order valence-electron chi connectivity index (χ4n) is 4.83. The van der Waals surface area contributed by atoms with Crippen molar-refractivity contribution in [1.82, 2.24) is 14.7 Å². The lowest BCUT2D eigenvalue weighted by atomic mass is 10.0. The molecule has 1 aromatic heterocycles. The van der Waals surface area contributed by atoms with Crippen LogP contribution in [-0.4, -0.2) is 49.2 Å². The molecule has 1 aromatic carbocycles. The summed E-state index contributed by atoms with van der Waals surface area (Å²) in [5.41, 5.74) is 6.25. The molecule has 2 aromatic rings. The monoisotopic (exact) mass is 448 g/mol. The number of ketones is 1. The molecule has 2 N–H and O–H groups in total. The van der Waals surface area contributed by atoms with Crippen LogP contribution < -0.4 is 5.73 Å². The van der Waals surface area contributed by atoms with Crippen LogP contribution in [0.5, 0.6) is 0 Å². The molecule has 0 spiro atoms. The molecular weight excluding hydrogens is 427 g/mol. The molecule has 0 radical (unpaired) electrons. The van der Waals surface area contributed by atoms with Crippen LogP contribution in [0.1, 0.15) is 36.2 Å². The van der Waals surface area contributed by atoms with Crippen LogP contribution >= 0.6 is 23.2 Å². The molecule has 3 aliphatic rings. The third-order valence-corrected chi connectivity index (χ3v) is 7.60. The third kappa shape index (κ3) is 3.38. The number of likely N-dealkylation sites (tertiary alicyclic amines) is 1. The highest BCUT2D eigenvalue weighted by atomic mass is 35.5. The van der Waals surface area contributed by atoms with Gasteiger partial charge >= 0.3 is 0 Å². The summed E-state index contributed by atoms with van der Waals surface area (Å²) in [7, 11) is 0. The first-order valence-electron chi connectivity index (χ1n) is 10.2. The zero-order chi connectivity index (χ0) is 21.2. The minimum Gasteiger partial charge on any atom is -0.364 e. The lowest BCUT2D eigenvalue weighted by molar-refractivity contribution is -0.139. The molecule has 158 valence electrons. The first-order chi connectivity index (χ1) is 14.3. The summed E-state index contributed by atoms with van der Waals surface area (Å²) in [6.07, 6.45) is 2.76. The van der Waals surface area contributed by atoms with Gasteiger partial charge in [-0.1, -0.05) is 18.2 Å². The largest absolute Gasteiger partial charge is 0.364 e. The molecule has 2 amide bonds. The van der Waals surface area contributed by atoms with E-state index in [-0.39, 0.29) is 41.8 Å². The first-order valence-corrected chi connectivity index (χ1v) is 11.0. The van der Waals surface area contributed by atoms with Crippen molar-refractivity contribution in [2.75, 3.05) is 6.54 Å². The van der Waals surface area contributed by atoms with Crippen LogP contribution in [0.3, 0.4) is 0 Å². The van der Waals surface area contributed by atoms with Crippen molar-refractivity contribution in [1.29, 1.82) is 0 Å². The molecule has 4 atom stereocenters. The zero-order valence-corrected chi connectivity index (χ0v) is 17.8. The second kappa shape index (κ2) is 6.95. The number of nitrogens with zero attached hydrogens (tertiary/aromatic N) is 3. The summed E-state index contributed by atoms with van der Waals surface area (Å²) >= 11 is 12.2. The van der Waals surface area contributed by atoms with E-state index in [4.69, 9.17) is 28.9 Å². The van der Waals surface area contributed by atoms with E-state index in [1.54, 1.807) is 23.1 Å². The molecule has 0 unspecified atom stereocenters. The van der Waals surface area contributed by atoms with Crippen molar-refractivity contribution in [2.45, 2.75) is 42.6 Å². The Balaban J connectivity index is 1.32. The Morgan fingerprint density at radius 2 is 1.97 bits per heavy atom. The van der Waals surface area contributed by atoms with Gasteiger partial charge in [-0.25, -0.2) is 0 Å². The predicted octanol–water partition coefficient (Wildman–Crippen LogP) is 2.53. The molecule has 9 heteroatoms. The summed E-state index contributed by atoms with van der Waals surface area (Å²) < 4.78 is 0.815. The molecule has 30 heavy (non-hydrogen) atoms. The number of primary amides is 1. The number of para-hydroxylation sites is 1. The topological polar surface area (TPSA) is 98.3 Å². The van der Waals surface area contributed by atoms with E-state index in [9.17, 15) is 14.4 Å². The number of hydrogen-bond acceptors (Lipinski definition) is 4. The standard InChI is InChI=1S/C21H22Cl2N4O3/c22-21(23)8-12(21)5-6-16(28)19-14-7-11(14)9-26(19)17(29)10-27-15-4-2-1-3-13(15)18(25-27)20(24)30/h1-4,11-12,14,19H,5-10H2,(H2,24,30)/t11-,12+,14-,19+/m1/s1. The van der Waals surface area contributed by atoms with E-state index in [0.717, 1.165) is 12.8 Å². The number of hydrogen-bond donors (Lipinski definition) is 1. The molecule has 0 bridgehead atoms. The van der Waals surface area contributed by atoms with Crippen LogP contribution in [-0.2, 0) is 16.1 Å². The maximum absolute atomic E-state index is 13.1. The third-order valence-electron chi connectivity index (χ3n) is 6.67. The minimum absolute atomic E-state index is 0.0356. The van der Waals surface area contributed by atoms with Crippen molar-refractivity contribution in [2.24, 2.45) is 23.5 Å². The number of rotatable bonds is 7. The number of aromatic nitrogens is 2. The van der Waals surface area contributed by atoms with Gasteiger partial charge in [-0.15, -0.1) is 23.2 Å². The number of halogens is 2. The molecular formula is C21H22Cl2N4O3. The summed E-state index contributed by atoms with van der Waals surface area (Å²) in [5, 5.41) is 4.88. The van der Waals surface area contributed by atoms with E-state index in [2.05, 4.69) is 5.10 Å². The Bertz CT molecular complexity index is 1070. The lowest BCUT2D eigenvalue weighted by Gasteiger charge is -2.26. The van der Waals surface area contributed by atoms with Gasteiger partial charge in [0.1, 0.15) is 10.9 Å². The number of fused-ring (bicyclic) bond motifs is 2. The van der Waals surface area contributed by atoms with E-state index in [1.165, 1.54) is 4.68 Å². The van der Waals surface area contributed by atoms with Crippen LogP contribution in [0.25, 0.3) is 10.9 Å². The summed E-state index contributed by atoms with van der Waals surface area (Å²) in [4.78, 5) is 39.5. The van der Waals surface area contributed by atoms with Crippen LogP contribution in [0.15, 0.2) is 24.3 Å². The van der Waals surface area contributed by atoms with Gasteiger partial charge in [0.05, 0.1) is 11.6 Å². The van der Waals surface area contributed by atoms with Gasteiger partial charge in [0, 0.05) is 18.4 Å². The molecule has 2 heterocycles. The smallest absolute Gasteiger partial charge is 0.269 e. The Morgan fingerprint density at radius 3 is 2.67 bits per heavy atom. The molecule has 1 aliphatic heterocycles. The summed E-state index contributed by atoms with van der Waals surface area (Å²) in [5.74, 6) is 0.107. The molecule has 1 saturated heterocycles. The minimum atomic E-state index is -0.688. The number of piperidine rings is 1. The fourth-order valence-corrected chi connectivity index (χ4v) is 5.42. The van der Waals surface area contributed by atoms with Crippen molar-refractivity contribution in [3.8, 4) is 0 Å². The Hall–Kier alpha value is -2.12. The number of nitrogens with two attached hydrogens (primary N) is 1. The van der Waals surface area contributed by atoms with Crippen molar-refractivity contribution < 1.29 is 14.4 Å². The molecule has 5 rings (SSSR count). The SMILES string of the molecule is NC(=O)c1nn(CC(=O)N2C[C@H]3C[C@H]3[C@H]2C(=O)CC[C@H]2CC2(Cl)Cl)c2ccccc12. The van der Waals surface area contributed by atoms with Crippen molar-refractivity contribution >= 4 is 51.7 Å². The van der Waals surface area contributed by atoms with Gasteiger partial charge in [-0.3, -0.25) is 19.1 Å². The maximum Gasteiger partial charge on any atom is 0.269 e. The number of carbonyl (C=O) groups is 3. The lowest BCUT2D eigenvalue weighted by Crippen LogP contribution is -2.45. The van der Waals surface area contributed by atoms with E-state index >= 15 is 0 Å². The summed E-state index contributed by atoms with van der Waals surface area (Å²) in [6, 6.07) is 6.79. The van der Waals surface area contributed by atoms with Gasteiger partial charge in [-0.05, 0) is 43.1 Å². The average Bonchev–Trinajstić information content (AvgIpc) is 3.49. The maximum atomic E-state index is 13.1. The molecule has 7 nitrogen and oxygen atoms in total. The van der Waals surface area contributed by atoms with E-state index < -0.39 is 10.2 Å². The number of Topliss-reactive ketones (excluding diaryl/α,β-unsaturated/α-hetero) is 1. The van der Waals surface area contributed by atoms with Crippen molar-refractivity contribution in [3.05, 3.63) is 30.0 Å². The van der Waals surface area contributed by atoms with E-state index in [1.807, 2.05) is 6.07 Å². The van der Waals surface area contributed by atoms with Crippen LogP contribution in [0.2, 0.25) is 0 Å². The highest BCUT2D eigenvalue weighted by Gasteiger charge is 2.57. The number of benzene rings is 1. The molecule has 3 fully saturated rings. The number of amides is 2. The number of carbonyl (C=O) groups excluding carboxylic acids is 3. The quantitative estimate of drug-likeness (QED) is 0.657.